The van der Waals surface area contributed by atoms with E-state index in [1.807, 2.05) is 43.9 Å². The van der Waals surface area contributed by atoms with Crippen LogP contribution in [0.4, 0.5) is 18.3 Å². The lowest BCUT2D eigenvalue weighted by molar-refractivity contribution is -0.137. The number of aromatic nitrogens is 1. The summed E-state index contributed by atoms with van der Waals surface area (Å²) in [6.07, 6.45) is 2.01. The summed E-state index contributed by atoms with van der Waals surface area (Å²) in [5.41, 5.74) is 3.62. The van der Waals surface area contributed by atoms with Crippen LogP contribution in [0.15, 0.2) is 83.8 Å². The molecule has 45 heavy (non-hydrogen) atoms. The van der Waals surface area contributed by atoms with Gasteiger partial charge in [0.1, 0.15) is 6.04 Å². The molecule has 3 aromatic rings. The standard InChI is InChI=1S/C33H35F3N4O3S2/c1-5-7-27-23(6-2)18-29-30(27)38-32(44-29)39-16-17-40(45(42,43)26-14-10-24(11-15-26)21(3)4)28(20-39)31(41)37-19-22-8-12-25(13-9-22)33(34,35)36/h5-15,21,28H,2,16-20H2,1,3-4H3,(H,37,41)/b7-5-. The number of thiazole rings is 1. The second kappa shape index (κ2) is 12.9. The highest BCUT2D eigenvalue weighted by atomic mass is 32.2. The van der Waals surface area contributed by atoms with Gasteiger partial charge < -0.3 is 10.2 Å². The summed E-state index contributed by atoms with van der Waals surface area (Å²) in [5, 5.41) is 3.45. The Morgan fingerprint density at radius 3 is 2.42 bits per heavy atom. The Balaban J connectivity index is 1.42. The van der Waals surface area contributed by atoms with Crippen molar-refractivity contribution in [3.63, 3.8) is 0 Å². The molecule has 2 aliphatic rings. The number of anilines is 1. The molecule has 1 fully saturated rings. The maximum absolute atomic E-state index is 13.9. The van der Waals surface area contributed by atoms with Gasteiger partial charge in [0.25, 0.3) is 0 Å². The van der Waals surface area contributed by atoms with E-state index in [9.17, 15) is 26.4 Å². The lowest BCUT2D eigenvalue weighted by Gasteiger charge is -2.39. The summed E-state index contributed by atoms with van der Waals surface area (Å²) in [4.78, 5) is 21.7. The molecule has 1 aliphatic carbocycles. The third-order valence-corrected chi connectivity index (χ3v) is 11.1. The SMILES string of the molecule is C=CC1=C(/C=C\C)c2nc(N3CCN(S(=O)(=O)c4ccc(C(C)C)cc4)C(C(=O)NCc4ccc(C(F)(F)F)cc4)C3)sc2C1. The van der Waals surface area contributed by atoms with E-state index in [-0.39, 0.29) is 30.4 Å². The molecule has 0 spiro atoms. The summed E-state index contributed by atoms with van der Waals surface area (Å²) in [7, 11) is -4.06. The number of halogens is 3. The van der Waals surface area contributed by atoms with E-state index in [4.69, 9.17) is 4.98 Å². The highest BCUT2D eigenvalue weighted by Gasteiger charge is 2.41. The van der Waals surface area contributed by atoms with Gasteiger partial charge in [-0.05, 0) is 53.8 Å². The second-order valence-electron chi connectivity index (χ2n) is 11.3. The van der Waals surface area contributed by atoms with Crippen LogP contribution in [-0.4, -0.2) is 49.3 Å². The predicted molar refractivity (Wildman–Crippen MR) is 171 cm³/mol. The molecule has 2 aromatic carbocycles. The number of hydrogen-bond acceptors (Lipinski definition) is 6. The maximum Gasteiger partial charge on any atom is 0.416 e. The number of carbonyl (C=O) groups is 1. The number of allylic oxidation sites excluding steroid dienone is 5. The van der Waals surface area contributed by atoms with Crippen molar-refractivity contribution in [3.05, 3.63) is 106 Å². The Hall–Kier alpha value is -3.74. The minimum absolute atomic E-state index is 0.0480. The van der Waals surface area contributed by atoms with Crippen molar-refractivity contribution in [2.75, 3.05) is 24.5 Å². The smallest absolute Gasteiger partial charge is 0.351 e. The van der Waals surface area contributed by atoms with Gasteiger partial charge in [0.15, 0.2) is 5.13 Å². The zero-order valence-corrected chi connectivity index (χ0v) is 26.9. The highest BCUT2D eigenvalue weighted by Crippen LogP contribution is 2.41. The zero-order chi connectivity index (χ0) is 32.5. The highest BCUT2D eigenvalue weighted by molar-refractivity contribution is 7.89. The Morgan fingerprint density at radius 1 is 1.13 bits per heavy atom. The molecule has 2 heterocycles. The second-order valence-corrected chi connectivity index (χ2v) is 14.3. The predicted octanol–water partition coefficient (Wildman–Crippen LogP) is 6.55. The lowest BCUT2D eigenvalue weighted by atomic mass is 10.0. The molecular weight excluding hydrogens is 622 g/mol. The molecule has 1 saturated heterocycles. The molecule has 12 heteroatoms. The van der Waals surface area contributed by atoms with Gasteiger partial charge in [-0.15, -0.1) is 11.3 Å². The molecule has 0 bridgehead atoms. The van der Waals surface area contributed by atoms with Gasteiger partial charge in [0.2, 0.25) is 15.9 Å². The van der Waals surface area contributed by atoms with E-state index in [0.29, 0.717) is 23.7 Å². The summed E-state index contributed by atoms with van der Waals surface area (Å²) in [6, 6.07) is 10.1. The topological polar surface area (TPSA) is 82.6 Å². The number of nitrogens with zero attached hydrogens (tertiary/aromatic N) is 3. The number of sulfonamides is 1. The van der Waals surface area contributed by atoms with Crippen molar-refractivity contribution in [1.29, 1.82) is 0 Å². The summed E-state index contributed by atoms with van der Waals surface area (Å²) in [6.45, 7) is 10.3. The van der Waals surface area contributed by atoms with E-state index >= 15 is 0 Å². The Labute approximate surface area is 265 Å². The van der Waals surface area contributed by atoms with Crippen LogP contribution in [-0.2, 0) is 34.0 Å². The average Bonchev–Trinajstić information content (AvgIpc) is 3.58. The van der Waals surface area contributed by atoms with Gasteiger partial charge in [0.05, 0.1) is 16.2 Å². The van der Waals surface area contributed by atoms with Gasteiger partial charge in [-0.3, -0.25) is 4.79 Å². The van der Waals surface area contributed by atoms with Crippen molar-refractivity contribution in [3.8, 4) is 0 Å². The van der Waals surface area contributed by atoms with E-state index in [0.717, 1.165) is 39.4 Å². The molecule has 7 nitrogen and oxygen atoms in total. The molecule has 1 amide bonds. The number of rotatable bonds is 9. The number of amides is 1. The third-order valence-electron chi connectivity index (χ3n) is 8.02. The van der Waals surface area contributed by atoms with E-state index in [2.05, 4.69) is 11.9 Å². The molecule has 0 radical (unpaired) electrons. The van der Waals surface area contributed by atoms with Crippen LogP contribution in [0.5, 0.6) is 0 Å². The van der Waals surface area contributed by atoms with Crippen LogP contribution in [0.3, 0.4) is 0 Å². The Bertz CT molecular complexity index is 1740. The minimum Gasteiger partial charge on any atom is -0.351 e. The van der Waals surface area contributed by atoms with E-state index < -0.39 is 33.7 Å². The van der Waals surface area contributed by atoms with E-state index in [1.165, 1.54) is 27.8 Å². The molecular formula is C33H35F3N4O3S2. The normalized spacial score (nSPS) is 17.8. The van der Waals surface area contributed by atoms with E-state index in [1.54, 1.807) is 24.3 Å². The zero-order valence-electron chi connectivity index (χ0n) is 25.3. The molecule has 1 unspecified atom stereocenters. The van der Waals surface area contributed by atoms with Crippen LogP contribution in [0, 0.1) is 0 Å². The van der Waals surface area contributed by atoms with Gasteiger partial charge in [-0.2, -0.15) is 17.5 Å². The number of benzene rings is 2. The van der Waals surface area contributed by atoms with Gasteiger partial charge in [-0.25, -0.2) is 13.4 Å². The fourth-order valence-corrected chi connectivity index (χ4v) is 8.18. The fourth-order valence-electron chi connectivity index (χ4n) is 5.48. The lowest BCUT2D eigenvalue weighted by Crippen LogP contribution is -2.60. The van der Waals surface area contributed by atoms with Gasteiger partial charge >= 0.3 is 6.18 Å². The summed E-state index contributed by atoms with van der Waals surface area (Å²) in [5.74, 6) is -0.325. The number of carbonyl (C=O) groups excluding carboxylic acids is 1. The third kappa shape index (κ3) is 6.78. The molecule has 1 aliphatic heterocycles. The average molecular weight is 657 g/mol. The first-order valence-corrected chi connectivity index (χ1v) is 16.9. The number of fused-ring (bicyclic) bond motifs is 1. The maximum atomic E-state index is 13.9. The first kappa shape index (κ1) is 32.6. The van der Waals surface area contributed by atoms with Crippen LogP contribution >= 0.6 is 11.3 Å². The number of piperazine rings is 1. The van der Waals surface area contributed by atoms with Crippen molar-refractivity contribution < 1.29 is 26.4 Å². The van der Waals surface area contributed by atoms with Crippen LogP contribution in [0.25, 0.3) is 5.57 Å². The molecule has 238 valence electrons. The number of hydrogen-bond donors (Lipinski definition) is 1. The molecule has 5 rings (SSSR count). The first-order chi connectivity index (χ1) is 21.3. The van der Waals surface area contributed by atoms with Crippen molar-refractivity contribution >= 4 is 38.0 Å². The monoisotopic (exact) mass is 656 g/mol. The van der Waals surface area contributed by atoms with Gasteiger partial charge in [0, 0.05) is 43.1 Å². The van der Waals surface area contributed by atoms with Crippen LogP contribution < -0.4 is 10.2 Å². The number of nitrogens with one attached hydrogen (secondary N) is 1. The molecule has 1 aromatic heterocycles. The quantitative estimate of drug-likeness (QED) is 0.283. The Morgan fingerprint density at radius 2 is 1.82 bits per heavy atom. The molecule has 1 atom stereocenters. The number of alkyl halides is 3. The van der Waals surface area contributed by atoms with Crippen LogP contribution in [0.1, 0.15) is 54.0 Å². The van der Waals surface area contributed by atoms with Crippen LogP contribution in [0.2, 0.25) is 0 Å². The first-order valence-electron chi connectivity index (χ1n) is 14.6. The summed E-state index contributed by atoms with van der Waals surface area (Å²) < 4.78 is 68.1. The van der Waals surface area contributed by atoms with Crippen molar-refractivity contribution in [2.45, 2.75) is 56.8 Å². The fraction of sp³-hybridized carbons (Fsp3) is 0.333. The van der Waals surface area contributed by atoms with Crippen molar-refractivity contribution in [2.24, 2.45) is 0 Å². The minimum atomic E-state index is -4.47. The van der Waals surface area contributed by atoms with Gasteiger partial charge in [-0.1, -0.05) is 62.9 Å². The molecule has 1 N–H and O–H groups in total. The largest absolute Gasteiger partial charge is 0.416 e. The molecule has 0 saturated carbocycles. The Kier molecular flexibility index (Phi) is 9.39. The summed E-state index contributed by atoms with van der Waals surface area (Å²) >= 11 is 1.51. The van der Waals surface area contributed by atoms with Crippen molar-refractivity contribution in [1.82, 2.24) is 14.6 Å².